The predicted molar refractivity (Wildman–Crippen MR) is 76.1 cm³/mol. The van der Waals surface area contributed by atoms with E-state index in [-0.39, 0.29) is 5.91 Å². The molecular weight excluding hydrogens is 240 g/mol. The third kappa shape index (κ3) is 3.72. The summed E-state index contributed by atoms with van der Waals surface area (Å²) in [6.45, 7) is 4.27. The fourth-order valence-corrected chi connectivity index (χ4v) is 2.55. The van der Waals surface area contributed by atoms with E-state index in [4.69, 9.17) is 0 Å². The molecule has 1 fully saturated rings. The number of anilines is 1. The zero-order valence-corrected chi connectivity index (χ0v) is 12.0. The monoisotopic (exact) mass is 264 g/mol. The average molecular weight is 264 g/mol. The van der Waals surface area contributed by atoms with Gasteiger partial charge < -0.3 is 10.2 Å². The smallest absolute Gasteiger partial charge is 0.241 e. The van der Waals surface area contributed by atoms with E-state index in [9.17, 15) is 4.79 Å². The first-order chi connectivity index (χ1) is 9.20. The van der Waals surface area contributed by atoms with Crippen LogP contribution in [0.4, 0.5) is 5.69 Å². The Morgan fingerprint density at radius 3 is 2.63 bits per heavy atom. The lowest BCUT2D eigenvalue weighted by Crippen LogP contribution is -2.36. The van der Waals surface area contributed by atoms with E-state index < -0.39 is 0 Å². The molecule has 1 saturated heterocycles. The van der Waals surface area contributed by atoms with Gasteiger partial charge in [-0.3, -0.25) is 9.48 Å². The zero-order valence-electron chi connectivity index (χ0n) is 12.0. The first-order valence-electron chi connectivity index (χ1n) is 7.25. The summed E-state index contributed by atoms with van der Waals surface area (Å²) in [5.74, 6) is 0.202. The second-order valence-corrected chi connectivity index (χ2v) is 5.17. The Morgan fingerprint density at radius 2 is 2.00 bits per heavy atom. The van der Waals surface area contributed by atoms with E-state index in [0.717, 1.165) is 43.7 Å². The van der Waals surface area contributed by atoms with Crippen LogP contribution < -0.4 is 5.32 Å². The average Bonchev–Trinajstić information content (AvgIpc) is 2.62. The molecule has 5 heteroatoms. The fourth-order valence-electron chi connectivity index (χ4n) is 2.55. The second-order valence-electron chi connectivity index (χ2n) is 5.17. The topological polar surface area (TPSA) is 50.2 Å². The van der Waals surface area contributed by atoms with Crippen LogP contribution in [0.3, 0.4) is 0 Å². The van der Waals surface area contributed by atoms with Gasteiger partial charge in [0.15, 0.2) is 0 Å². The Bertz CT molecular complexity index is 419. The Kier molecular flexibility index (Phi) is 4.82. The van der Waals surface area contributed by atoms with Gasteiger partial charge in [0, 0.05) is 26.3 Å². The summed E-state index contributed by atoms with van der Waals surface area (Å²) in [5, 5.41) is 7.59. The van der Waals surface area contributed by atoms with Gasteiger partial charge in [-0.05, 0) is 19.3 Å². The van der Waals surface area contributed by atoms with Gasteiger partial charge in [0.05, 0.1) is 17.9 Å². The Morgan fingerprint density at radius 1 is 1.32 bits per heavy atom. The molecule has 1 aliphatic heterocycles. The minimum absolute atomic E-state index is 0.202. The second kappa shape index (κ2) is 6.59. The van der Waals surface area contributed by atoms with E-state index in [1.807, 2.05) is 18.1 Å². The number of carbonyl (C=O) groups is 1. The molecule has 0 atom stereocenters. The van der Waals surface area contributed by atoms with E-state index in [1.165, 1.54) is 12.8 Å². The SMILES string of the molecule is CCc1nn(C)cc1NCC(=O)N1CCCCCC1. The standard InChI is InChI=1S/C14H24N4O/c1-3-12-13(11-17(2)16-12)15-10-14(19)18-8-6-4-5-7-9-18/h11,15H,3-10H2,1-2H3. The molecule has 5 nitrogen and oxygen atoms in total. The molecule has 2 rings (SSSR count). The first kappa shape index (κ1) is 13.9. The van der Waals surface area contributed by atoms with E-state index in [0.29, 0.717) is 6.54 Å². The van der Waals surface area contributed by atoms with Gasteiger partial charge in [0.25, 0.3) is 0 Å². The maximum Gasteiger partial charge on any atom is 0.241 e. The molecule has 1 aromatic heterocycles. The number of rotatable bonds is 4. The van der Waals surface area contributed by atoms with Gasteiger partial charge in [0.2, 0.25) is 5.91 Å². The molecule has 1 N–H and O–H groups in total. The molecule has 1 amide bonds. The zero-order chi connectivity index (χ0) is 13.7. The van der Waals surface area contributed by atoms with Gasteiger partial charge in [-0.2, -0.15) is 5.10 Å². The number of nitrogens with zero attached hydrogens (tertiary/aromatic N) is 3. The predicted octanol–water partition coefficient (Wildman–Crippen LogP) is 1.80. The highest BCUT2D eigenvalue weighted by Gasteiger charge is 2.15. The summed E-state index contributed by atoms with van der Waals surface area (Å²) >= 11 is 0. The van der Waals surface area contributed by atoms with Crippen molar-refractivity contribution in [2.45, 2.75) is 39.0 Å². The normalized spacial score (nSPS) is 16.2. The minimum atomic E-state index is 0.202. The number of hydrogen-bond donors (Lipinski definition) is 1. The molecule has 0 radical (unpaired) electrons. The highest BCUT2D eigenvalue weighted by molar-refractivity contribution is 5.81. The molecule has 1 aromatic rings. The number of hydrogen-bond acceptors (Lipinski definition) is 3. The molecule has 0 spiro atoms. The van der Waals surface area contributed by atoms with Crippen LogP contribution in [0.1, 0.15) is 38.3 Å². The maximum absolute atomic E-state index is 12.2. The summed E-state index contributed by atoms with van der Waals surface area (Å²) in [6, 6.07) is 0. The number of aromatic nitrogens is 2. The largest absolute Gasteiger partial charge is 0.373 e. The minimum Gasteiger partial charge on any atom is -0.373 e. The Labute approximate surface area is 115 Å². The van der Waals surface area contributed by atoms with Crippen LogP contribution in [-0.4, -0.2) is 40.2 Å². The van der Waals surface area contributed by atoms with Crippen LogP contribution in [-0.2, 0) is 18.3 Å². The van der Waals surface area contributed by atoms with Crippen molar-refractivity contribution >= 4 is 11.6 Å². The van der Waals surface area contributed by atoms with Crippen molar-refractivity contribution in [2.75, 3.05) is 25.0 Å². The summed E-state index contributed by atoms with van der Waals surface area (Å²) in [7, 11) is 1.90. The number of likely N-dealkylation sites (tertiary alicyclic amines) is 1. The van der Waals surface area contributed by atoms with Crippen molar-refractivity contribution in [3.8, 4) is 0 Å². The summed E-state index contributed by atoms with van der Waals surface area (Å²) in [5.41, 5.74) is 2.00. The number of carbonyl (C=O) groups excluding carboxylic acids is 1. The van der Waals surface area contributed by atoms with Crippen LogP contribution in [0.15, 0.2) is 6.20 Å². The summed E-state index contributed by atoms with van der Waals surface area (Å²) in [4.78, 5) is 14.2. The molecule has 0 saturated carbocycles. The van der Waals surface area contributed by atoms with E-state index >= 15 is 0 Å². The lowest BCUT2D eigenvalue weighted by molar-refractivity contribution is -0.129. The third-order valence-electron chi connectivity index (χ3n) is 3.63. The van der Waals surface area contributed by atoms with E-state index in [2.05, 4.69) is 17.3 Å². The molecule has 106 valence electrons. The molecule has 0 bridgehead atoms. The van der Waals surface area contributed by atoms with Crippen molar-refractivity contribution in [3.63, 3.8) is 0 Å². The van der Waals surface area contributed by atoms with Crippen LogP contribution in [0.5, 0.6) is 0 Å². The van der Waals surface area contributed by atoms with Gasteiger partial charge in [-0.15, -0.1) is 0 Å². The molecule has 0 aromatic carbocycles. The first-order valence-corrected chi connectivity index (χ1v) is 7.25. The fraction of sp³-hybridized carbons (Fsp3) is 0.714. The van der Waals surface area contributed by atoms with Gasteiger partial charge in [0.1, 0.15) is 0 Å². The lowest BCUT2D eigenvalue weighted by Gasteiger charge is -2.20. The molecular formula is C14H24N4O. The summed E-state index contributed by atoms with van der Waals surface area (Å²) < 4.78 is 1.79. The van der Waals surface area contributed by atoms with Crippen LogP contribution >= 0.6 is 0 Å². The van der Waals surface area contributed by atoms with Gasteiger partial charge in [-0.1, -0.05) is 19.8 Å². The molecule has 0 aliphatic carbocycles. The Hall–Kier alpha value is -1.52. The molecule has 19 heavy (non-hydrogen) atoms. The third-order valence-corrected chi connectivity index (χ3v) is 3.63. The number of aryl methyl sites for hydroxylation is 2. The number of amides is 1. The quantitative estimate of drug-likeness (QED) is 0.902. The van der Waals surface area contributed by atoms with Gasteiger partial charge in [-0.25, -0.2) is 0 Å². The van der Waals surface area contributed by atoms with Gasteiger partial charge >= 0.3 is 0 Å². The summed E-state index contributed by atoms with van der Waals surface area (Å²) in [6.07, 6.45) is 7.59. The van der Waals surface area contributed by atoms with Crippen molar-refractivity contribution < 1.29 is 4.79 Å². The molecule has 0 unspecified atom stereocenters. The number of nitrogens with one attached hydrogen (secondary N) is 1. The molecule has 2 heterocycles. The maximum atomic E-state index is 12.2. The van der Waals surface area contributed by atoms with Crippen LogP contribution in [0.2, 0.25) is 0 Å². The van der Waals surface area contributed by atoms with Crippen LogP contribution in [0, 0.1) is 0 Å². The van der Waals surface area contributed by atoms with Crippen molar-refractivity contribution in [1.29, 1.82) is 0 Å². The Balaban J connectivity index is 1.88. The highest BCUT2D eigenvalue weighted by atomic mass is 16.2. The van der Waals surface area contributed by atoms with Crippen LogP contribution in [0.25, 0.3) is 0 Å². The van der Waals surface area contributed by atoms with Crippen molar-refractivity contribution in [3.05, 3.63) is 11.9 Å². The van der Waals surface area contributed by atoms with Crippen molar-refractivity contribution in [1.82, 2.24) is 14.7 Å². The molecule has 1 aliphatic rings. The lowest BCUT2D eigenvalue weighted by atomic mass is 10.2. The van der Waals surface area contributed by atoms with E-state index in [1.54, 1.807) is 4.68 Å². The van der Waals surface area contributed by atoms with Crippen molar-refractivity contribution in [2.24, 2.45) is 7.05 Å². The highest BCUT2D eigenvalue weighted by Crippen LogP contribution is 2.14.